The molecule has 132 valence electrons. The third-order valence-corrected chi connectivity index (χ3v) is 5.12. The van der Waals surface area contributed by atoms with Gasteiger partial charge < -0.3 is 15.2 Å². The Kier molecular flexibility index (Phi) is 5.40. The van der Waals surface area contributed by atoms with E-state index in [9.17, 15) is 14.0 Å². The second-order valence-corrected chi connectivity index (χ2v) is 6.86. The van der Waals surface area contributed by atoms with E-state index in [0.717, 1.165) is 11.4 Å². The van der Waals surface area contributed by atoms with Crippen LogP contribution in [0, 0.1) is 5.82 Å². The molecular formula is C17H17FN2O4S. The highest BCUT2D eigenvalue weighted by atomic mass is 32.1. The number of carbonyl (C=O) groups excluding carboxylic acids is 1. The van der Waals surface area contributed by atoms with Gasteiger partial charge in [0.15, 0.2) is 0 Å². The van der Waals surface area contributed by atoms with Gasteiger partial charge in [-0.05, 0) is 24.1 Å². The smallest absolute Gasteiger partial charge is 0.305 e. The predicted molar refractivity (Wildman–Crippen MR) is 89.2 cm³/mol. The lowest BCUT2D eigenvalue weighted by Crippen LogP contribution is -2.29. The Labute approximate surface area is 147 Å². The summed E-state index contributed by atoms with van der Waals surface area (Å²) in [5.74, 6) is -1.78. The van der Waals surface area contributed by atoms with Gasteiger partial charge in [0.2, 0.25) is 0 Å². The Hall–Kier alpha value is -2.32. The van der Waals surface area contributed by atoms with Crippen LogP contribution in [0.15, 0.2) is 30.5 Å². The third-order valence-electron chi connectivity index (χ3n) is 3.96. The zero-order valence-electron chi connectivity index (χ0n) is 13.3. The molecule has 0 saturated carbocycles. The molecule has 1 aromatic carbocycles. The second-order valence-electron chi connectivity index (χ2n) is 5.80. The molecule has 1 saturated heterocycles. The number of carboxylic acid groups (broad SMARTS) is 1. The number of amides is 1. The maximum Gasteiger partial charge on any atom is 0.305 e. The Morgan fingerprint density at radius 2 is 2.32 bits per heavy atom. The first-order valence-electron chi connectivity index (χ1n) is 7.84. The number of hydrogen-bond acceptors (Lipinski definition) is 5. The molecule has 0 spiro atoms. The van der Waals surface area contributed by atoms with E-state index in [2.05, 4.69) is 10.3 Å². The summed E-state index contributed by atoms with van der Waals surface area (Å²) in [5, 5.41) is 12.6. The van der Waals surface area contributed by atoms with Crippen molar-refractivity contribution in [1.82, 2.24) is 10.3 Å². The van der Waals surface area contributed by atoms with Crippen LogP contribution in [0.3, 0.4) is 0 Å². The zero-order chi connectivity index (χ0) is 17.8. The molecule has 1 aliphatic rings. The van der Waals surface area contributed by atoms with Crippen molar-refractivity contribution in [3.63, 3.8) is 0 Å². The van der Waals surface area contributed by atoms with Gasteiger partial charge in [0.25, 0.3) is 5.91 Å². The van der Waals surface area contributed by atoms with Crippen LogP contribution < -0.4 is 5.32 Å². The molecule has 1 amide bonds. The lowest BCUT2D eigenvalue weighted by Gasteiger charge is -2.17. The number of nitrogens with one attached hydrogen (secondary N) is 1. The predicted octanol–water partition coefficient (Wildman–Crippen LogP) is 2.73. The number of aliphatic carboxylic acids is 1. The van der Waals surface area contributed by atoms with Gasteiger partial charge in [0, 0.05) is 12.5 Å². The number of carboxylic acids is 1. The fourth-order valence-corrected chi connectivity index (χ4v) is 3.63. The topological polar surface area (TPSA) is 88.5 Å². The van der Waals surface area contributed by atoms with Gasteiger partial charge in [0.05, 0.1) is 30.3 Å². The summed E-state index contributed by atoms with van der Waals surface area (Å²) in [6, 6.07) is 4.74. The highest BCUT2D eigenvalue weighted by Gasteiger charge is 2.24. The maximum absolute atomic E-state index is 13.4. The molecule has 25 heavy (non-hydrogen) atoms. The fourth-order valence-electron chi connectivity index (χ4n) is 2.69. The molecule has 0 aliphatic carbocycles. The van der Waals surface area contributed by atoms with Crippen LogP contribution in [-0.2, 0) is 9.53 Å². The highest BCUT2D eigenvalue weighted by Crippen LogP contribution is 2.29. The van der Waals surface area contributed by atoms with Crippen LogP contribution >= 0.6 is 11.3 Å². The molecule has 6 nitrogen and oxygen atoms in total. The molecule has 0 radical (unpaired) electrons. The minimum absolute atomic E-state index is 0.199. The average molecular weight is 364 g/mol. The lowest BCUT2D eigenvalue weighted by molar-refractivity contribution is -0.137. The molecule has 0 bridgehead atoms. The Morgan fingerprint density at radius 1 is 1.48 bits per heavy atom. The number of carbonyl (C=O) groups is 2. The maximum atomic E-state index is 13.4. The van der Waals surface area contributed by atoms with Crippen LogP contribution in [0.1, 0.15) is 45.0 Å². The number of benzene rings is 1. The van der Waals surface area contributed by atoms with E-state index < -0.39 is 23.7 Å². The van der Waals surface area contributed by atoms with Gasteiger partial charge in [0.1, 0.15) is 10.7 Å². The van der Waals surface area contributed by atoms with Crippen molar-refractivity contribution in [2.75, 3.05) is 13.2 Å². The minimum atomic E-state index is -1.08. The molecule has 2 unspecified atom stereocenters. The molecule has 1 fully saturated rings. The normalized spacial score (nSPS) is 18.0. The van der Waals surface area contributed by atoms with Crippen LogP contribution in [0.4, 0.5) is 4.39 Å². The Morgan fingerprint density at radius 3 is 3.00 bits per heavy atom. The second kappa shape index (κ2) is 7.71. The molecule has 3 rings (SSSR count). The summed E-state index contributed by atoms with van der Waals surface area (Å²) in [6.45, 7) is 1.28. The van der Waals surface area contributed by atoms with E-state index in [4.69, 9.17) is 9.84 Å². The first-order chi connectivity index (χ1) is 12.0. The highest BCUT2D eigenvalue weighted by molar-refractivity contribution is 7.13. The van der Waals surface area contributed by atoms with Gasteiger partial charge >= 0.3 is 5.97 Å². The fraction of sp³-hybridized carbons (Fsp3) is 0.353. The number of halogens is 1. The van der Waals surface area contributed by atoms with E-state index in [1.165, 1.54) is 35.7 Å². The summed E-state index contributed by atoms with van der Waals surface area (Å²) in [7, 11) is 0. The molecule has 2 heterocycles. The number of thiazole rings is 1. The molecule has 8 heteroatoms. The van der Waals surface area contributed by atoms with Crippen molar-refractivity contribution in [3.8, 4) is 0 Å². The largest absolute Gasteiger partial charge is 0.481 e. The SMILES string of the molecule is O=C(O)CC(NC(=O)c1cnc(C2CCOC2)s1)c1cccc(F)c1. The van der Waals surface area contributed by atoms with E-state index in [1.807, 2.05) is 0 Å². The molecule has 1 aliphatic heterocycles. The number of aromatic nitrogens is 1. The van der Waals surface area contributed by atoms with Crippen LogP contribution in [0.2, 0.25) is 0 Å². The van der Waals surface area contributed by atoms with E-state index in [-0.39, 0.29) is 12.3 Å². The summed E-state index contributed by atoms with van der Waals surface area (Å²) >= 11 is 1.27. The molecule has 1 aromatic heterocycles. The van der Waals surface area contributed by atoms with Crippen LogP contribution in [-0.4, -0.2) is 35.2 Å². The van der Waals surface area contributed by atoms with E-state index >= 15 is 0 Å². The van der Waals surface area contributed by atoms with Crippen molar-refractivity contribution in [1.29, 1.82) is 0 Å². The van der Waals surface area contributed by atoms with Crippen molar-refractivity contribution in [2.24, 2.45) is 0 Å². The zero-order valence-corrected chi connectivity index (χ0v) is 14.1. The number of rotatable bonds is 6. The van der Waals surface area contributed by atoms with Gasteiger partial charge in [-0.15, -0.1) is 11.3 Å². The van der Waals surface area contributed by atoms with Gasteiger partial charge in [-0.2, -0.15) is 0 Å². The van der Waals surface area contributed by atoms with Crippen molar-refractivity contribution < 1.29 is 23.8 Å². The summed E-state index contributed by atoms with van der Waals surface area (Å²) in [4.78, 5) is 28.2. The summed E-state index contributed by atoms with van der Waals surface area (Å²) in [6.07, 6.45) is 2.02. The summed E-state index contributed by atoms with van der Waals surface area (Å²) in [5.41, 5.74) is 0.407. The summed E-state index contributed by atoms with van der Waals surface area (Å²) < 4.78 is 18.7. The van der Waals surface area contributed by atoms with Gasteiger partial charge in [-0.1, -0.05) is 12.1 Å². The van der Waals surface area contributed by atoms with E-state index in [0.29, 0.717) is 23.7 Å². The monoisotopic (exact) mass is 364 g/mol. The third kappa shape index (κ3) is 4.40. The molecular weight excluding hydrogens is 347 g/mol. The van der Waals surface area contributed by atoms with E-state index in [1.54, 1.807) is 6.07 Å². The Balaban J connectivity index is 1.74. The standard InChI is InChI=1S/C17H17FN2O4S/c18-12-3-1-2-10(6-12)13(7-15(21)22)20-16(23)14-8-19-17(25-14)11-4-5-24-9-11/h1-3,6,8,11,13H,4-5,7,9H2,(H,20,23)(H,21,22). The van der Waals surface area contributed by atoms with Crippen LogP contribution in [0.5, 0.6) is 0 Å². The lowest BCUT2D eigenvalue weighted by atomic mass is 10.0. The number of ether oxygens (including phenoxy) is 1. The van der Waals surface area contributed by atoms with Crippen LogP contribution in [0.25, 0.3) is 0 Å². The molecule has 2 aromatic rings. The average Bonchev–Trinajstić information content (AvgIpc) is 3.25. The van der Waals surface area contributed by atoms with Crippen molar-refractivity contribution in [3.05, 3.63) is 51.7 Å². The number of nitrogens with zero attached hydrogens (tertiary/aromatic N) is 1. The van der Waals surface area contributed by atoms with Crippen molar-refractivity contribution >= 4 is 23.2 Å². The molecule has 2 atom stereocenters. The first-order valence-corrected chi connectivity index (χ1v) is 8.66. The molecule has 2 N–H and O–H groups in total. The van der Waals surface area contributed by atoms with Gasteiger partial charge in [-0.3, -0.25) is 9.59 Å². The quantitative estimate of drug-likeness (QED) is 0.823. The number of hydrogen-bond donors (Lipinski definition) is 2. The Bertz CT molecular complexity index is 774. The van der Waals surface area contributed by atoms with Crippen molar-refractivity contribution in [2.45, 2.75) is 24.8 Å². The minimum Gasteiger partial charge on any atom is -0.481 e. The first kappa shape index (κ1) is 17.5. The van der Waals surface area contributed by atoms with Gasteiger partial charge in [-0.25, -0.2) is 9.37 Å².